The van der Waals surface area contributed by atoms with Crippen LogP contribution in [0.25, 0.3) is 0 Å². The molecule has 0 atom stereocenters. The summed E-state index contributed by atoms with van der Waals surface area (Å²) in [5.41, 5.74) is 1.23. The highest BCUT2D eigenvalue weighted by Crippen LogP contribution is 2.17. The molecule has 0 heterocycles. The van der Waals surface area contributed by atoms with Gasteiger partial charge in [-0.15, -0.1) is 0 Å². The Bertz CT molecular complexity index is 493. The summed E-state index contributed by atoms with van der Waals surface area (Å²) in [5.74, 6) is 1.83. The van der Waals surface area contributed by atoms with Gasteiger partial charge < -0.3 is 20.3 Å². The largest absolute Gasteiger partial charge is 0.494 e. The highest BCUT2D eigenvalue weighted by Gasteiger charge is 2.15. The third-order valence-electron chi connectivity index (χ3n) is 4.32. The Hall–Kier alpha value is -1.75. The maximum absolute atomic E-state index is 5.76. The number of rotatable bonds is 8. The molecule has 0 spiro atoms. The highest BCUT2D eigenvalue weighted by molar-refractivity contribution is 5.79. The van der Waals surface area contributed by atoms with E-state index in [1.165, 1.54) is 31.2 Å². The van der Waals surface area contributed by atoms with Crippen LogP contribution in [0, 0.1) is 0 Å². The van der Waals surface area contributed by atoms with Crippen molar-refractivity contribution in [3.63, 3.8) is 0 Å². The predicted molar refractivity (Wildman–Crippen MR) is 101 cm³/mol. The summed E-state index contributed by atoms with van der Waals surface area (Å²) < 4.78 is 5.76. The number of nitrogens with zero attached hydrogens (tertiary/aromatic N) is 2. The molecule has 1 aromatic rings. The molecule has 5 nitrogen and oxygen atoms in total. The maximum Gasteiger partial charge on any atom is 0.191 e. The lowest BCUT2D eigenvalue weighted by Gasteiger charge is -2.17. The molecule has 0 amide bonds. The lowest BCUT2D eigenvalue weighted by Crippen LogP contribution is -2.41. The Labute approximate surface area is 146 Å². The minimum atomic E-state index is 0.578. The Morgan fingerprint density at radius 3 is 2.54 bits per heavy atom. The lowest BCUT2D eigenvalue weighted by atomic mass is 10.2. The molecule has 134 valence electrons. The second-order valence-corrected chi connectivity index (χ2v) is 6.70. The molecule has 0 aromatic heterocycles. The summed E-state index contributed by atoms with van der Waals surface area (Å²) >= 11 is 0. The maximum atomic E-state index is 5.76. The molecule has 1 fully saturated rings. The molecule has 2 rings (SSSR count). The van der Waals surface area contributed by atoms with Crippen molar-refractivity contribution in [2.45, 2.75) is 44.7 Å². The van der Waals surface area contributed by atoms with E-state index < -0.39 is 0 Å². The normalized spacial score (nSPS) is 15.8. The average molecular weight is 332 g/mol. The van der Waals surface area contributed by atoms with Gasteiger partial charge in [0.1, 0.15) is 5.75 Å². The Balaban J connectivity index is 1.70. The van der Waals surface area contributed by atoms with Gasteiger partial charge in [-0.1, -0.05) is 25.0 Å². The number of hydrogen-bond acceptors (Lipinski definition) is 3. The van der Waals surface area contributed by atoms with E-state index in [0.717, 1.165) is 37.8 Å². The topological polar surface area (TPSA) is 48.9 Å². The number of guanidine groups is 1. The fourth-order valence-electron chi connectivity index (χ4n) is 2.92. The number of aliphatic imine (C=N–C) groups is 1. The quantitative estimate of drug-likeness (QED) is 0.436. The second kappa shape index (κ2) is 10.2. The van der Waals surface area contributed by atoms with Crippen LogP contribution in [-0.4, -0.2) is 51.2 Å². The first-order chi connectivity index (χ1) is 11.7. The average Bonchev–Trinajstić information content (AvgIpc) is 3.09. The minimum absolute atomic E-state index is 0.578. The van der Waals surface area contributed by atoms with Gasteiger partial charge in [-0.05, 0) is 51.1 Å². The van der Waals surface area contributed by atoms with Crippen molar-refractivity contribution in [3.05, 3.63) is 29.8 Å². The number of ether oxygens (including phenoxy) is 1. The summed E-state index contributed by atoms with van der Waals surface area (Å²) in [5, 5.41) is 6.89. The summed E-state index contributed by atoms with van der Waals surface area (Å²) in [6, 6.07) is 8.88. The SMILES string of the molecule is CN=C(NCc1ccc(OCCCN(C)C)cc1)NC1CCCC1. The first-order valence-electron chi connectivity index (χ1n) is 9.01. The predicted octanol–water partition coefficient (Wildman–Crippen LogP) is 2.62. The Morgan fingerprint density at radius 1 is 1.21 bits per heavy atom. The van der Waals surface area contributed by atoms with Gasteiger partial charge in [-0.25, -0.2) is 0 Å². The molecule has 24 heavy (non-hydrogen) atoms. The van der Waals surface area contributed by atoms with Crippen molar-refractivity contribution in [1.29, 1.82) is 0 Å². The van der Waals surface area contributed by atoms with Crippen LogP contribution in [0.15, 0.2) is 29.3 Å². The van der Waals surface area contributed by atoms with Crippen LogP contribution in [0.4, 0.5) is 0 Å². The lowest BCUT2D eigenvalue weighted by molar-refractivity contribution is 0.281. The van der Waals surface area contributed by atoms with E-state index in [4.69, 9.17) is 4.74 Å². The smallest absolute Gasteiger partial charge is 0.191 e. The van der Waals surface area contributed by atoms with Gasteiger partial charge in [0.25, 0.3) is 0 Å². The van der Waals surface area contributed by atoms with Crippen LogP contribution in [0.3, 0.4) is 0 Å². The van der Waals surface area contributed by atoms with Crippen molar-refractivity contribution in [3.8, 4) is 5.75 Å². The first-order valence-corrected chi connectivity index (χ1v) is 9.01. The van der Waals surface area contributed by atoms with Crippen LogP contribution in [-0.2, 0) is 6.54 Å². The molecule has 2 N–H and O–H groups in total. The third-order valence-corrected chi connectivity index (χ3v) is 4.32. The van der Waals surface area contributed by atoms with Gasteiger partial charge in [0.05, 0.1) is 6.61 Å². The second-order valence-electron chi connectivity index (χ2n) is 6.70. The Kier molecular flexibility index (Phi) is 7.89. The first kappa shape index (κ1) is 18.6. The summed E-state index contributed by atoms with van der Waals surface area (Å²) in [7, 11) is 5.99. The standard InChI is InChI=1S/C19H32N4O/c1-20-19(22-17-7-4-5-8-17)21-15-16-9-11-18(12-10-16)24-14-6-13-23(2)3/h9-12,17H,4-8,13-15H2,1-3H3,(H2,20,21,22). The van der Waals surface area contributed by atoms with Crippen LogP contribution in [0.1, 0.15) is 37.7 Å². The van der Waals surface area contributed by atoms with Crippen LogP contribution in [0.5, 0.6) is 5.75 Å². The van der Waals surface area contributed by atoms with E-state index in [1.807, 2.05) is 19.2 Å². The van der Waals surface area contributed by atoms with Crippen molar-refractivity contribution >= 4 is 5.96 Å². The monoisotopic (exact) mass is 332 g/mol. The molecule has 1 saturated carbocycles. The molecule has 1 aliphatic rings. The summed E-state index contributed by atoms with van der Waals surface area (Å²) in [4.78, 5) is 6.49. The van der Waals surface area contributed by atoms with Gasteiger partial charge in [0.15, 0.2) is 5.96 Å². The molecular weight excluding hydrogens is 300 g/mol. The van der Waals surface area contributed by atoms with E-state index in [1.54, 1.807) is 0 Å². The molecule has 0 unspecified atom stereocenters. The zero-order valence-electron chi connectivity index (χ0n) is 15.3. The van der Waals surface area contributed by atoms with E-state index in [9.17, 15) is 0 Å². The van der Waals surface area contributed by atoms with E-state index in [0.29, 0.717) is 6.04 Å². The van der Waals surface area contributed by atoms with Crippen molar-refractivity contribution in [2.24, 2.45) is 4.99 Å². The van der Waals surface area contributed by atoms with Gasteiger partial charge in [0.2, 0.25) is 0 Å². The van der Waals surface area contributed by atoms with Gasteiger partial charge in [-0.3, -0.25) is 4.99 Å². The summed E-state index contributed by atoms with van der Waals surface area (Å²) in [6.45, 7) is 2.58. The fraction of sp³-hybridized carbons (Fsp3) is 0.632. The fourth-order valence-corrected chi connectivity index (χ4v) is 2.92. The summed E-state index contributed by atoms with van der Waals surface area (Å²) in [6.07, 6.45) is 6.19. The molecule has 1 aliphatic carbocycles. The van der Waals surface area contributed by atoms with E-state index in [-0.39, 0.29) is 0 Å². The number of benzene rings is 1. The highest BCUT2D eigenvalue weighted by atomic mass is 16.5. The molecular formula is C19H32N4O. The Morgan fingerprint density at radius 2 is 1.92 bits per heavy atom. The zero-order valence-corrected chi connectivity index (χ0v) is 15.3. The van der Waals surface area contributed by atoms with E-state index in [2.05, 4.69) is 46.8 Å². The third kappa shape index (κ3) is 6.79. The molecule has 0 bridgehead atoms. The van der Waals surface area contributed by atoms with Gasteiger partial charge in [0, 0.05) is 26.2 Å². The minimum Gasteiger partial charge on any atom is -0.494 e. The van der Waals surface area contributed by atoms with Crippen LogP contribution < -0.4 is 15.4 Å². The van der Waals surface area contributed by atoms with Gasteiger partial charge in [-0.2, -0.15) is 0 Å². The molecule has 0 saturated heterocycles. The van der Waals surface area contributed by atoms with Crippen molar-refractivity contribution in [1.82, 2.24) is 15.5 Å². The van der Waals surface area contributed by atoms with Crippen molar-refractivity contribution in [2.75, 3.05) is 34.3 Å². The number of hydrogen-bond donors (Lipinski definition) is 2. The van der Waals surface area contributed by atoms with E-state index >= 15 is 0 Å². The molecule has 1 aromatic carbocycles. The molecule has 0 radical (unpaired) electrons. The zero-order chi connectivity index (χ0) is 17.2. The van der Waals surface area contributed by atoms with Crippen molar-refractivity contribution < 1.29 is 4.74 Å². The number of nitrogens with one attached hydrogen (secondary N) is 2. The van der Waals surface area contributed by atoms with Crippen LogP contribution >= 0.6 is 0 Å². The van der Waals surface area contributed by atoms with Crippen LogP contribution in [0.2, 0.25) is 0 Å². The molecule has 0 aliphatic heterocycles. The molecule has 5 heteroatoms. The van der Waals surface area contributed by atoms with Gasteiger partial charge >= 0.3 is 0 Å².